The maximum Gasteiger partial charge on any atom is 0.179 e. The third-order valence-corrected chi connectivity index (χ3v) is 2.57. The summed E-state index contributed by atoms with van der Waals surface area (Å²) in [6.45, 7) is 0.728. The Hall–Kier alpha value is -0.840. The van der Waals surface area contributed by atoms with Crippen molar-refractivity contribution in [1.29, 1.82) is 0 Å². The molecule has 0 radical (unpaired) electrons. The van der Waals surface area contributed by atoms with E-state index >= 15 is 0 Å². The quantitative estimate of drug-likeness (QED) is 0.826. The van der Waals surface area contributed by atoms with Crippen LogP contribution in [0.25, 0.3) is 11.2 Å². The molecule has 0 aromatic carbocycles. The smallest absolute Gasteiger partial charge is 0.179 e. The molecule has 0 bridgehead atoms. The van der Waals surface area contributed by atoms with E-state index in [1.54, 1.807) is 6.07 Å². The second-order valence-corrected chi connectivity index (χ2v) is 4.32. The van der Waals surface area contributed by atoms with Gasteiger partial charge in [0.05, 0.1) is 17.1 Å². The van der Waals surface area contributed by atoms with Crippen molar-refractivity contribution in [2.45, 2.75) is 6.54 Å². The van der Waals surface area contributed by atoms with E-state index in [2.05, 4.69) is 15.0 Å². The Kier molecular flexibility index (Phi) is 2.82. The van der Waals surface area contributed by atoms with E-state index in [9.17, 15) is 0 Å². The first-order chi connectivity index (χ1) is 7.06. The summed E-state index contributed by atoms with van der Waals surface area (Å²) in [7, 11) is 3.95. The highest BCUT2D eigenvalue weighted by Crippen LogP contribution is 2.23. The predicted molar refractivity (Wildman–Crippen MR) is 61.3 cm³/mol. The molecule has 0 amide bonds. The number of aromatic nitrogens is 3. The summed E-state index contributed by atoms with van der Waals surface area (Å²) in [5.41, 5.74) is 1.41. The fourth-order valence-electron chi connectivity index (χ4n) is 1.32. The van der Waals surface area contributed by atoms with E-state index in [4.69, 9.17) is 23.2 Å². The standard InChI is InChI=1S/C9H10Cl2N4/c1-15(2)4-7-12-6-3-5(10)8(11)14-9(6)13-7/h3H,4H2,1-2H3,(H,12,13,14). The second-order valence-electron chi connectivity index (χ2n) is 3.55. The average Bonchev–Trinajstić information content (AvgIpc) is 2.46. The number of hydrogen-bond donors (Lipinski definition) is 1. The van der Waals surface area contributed by atoms with Crippen LogP contribution >= 0.6 is 23.2 Å². The molecular weight excluding hydrogens is 235 g/mol. The van der Waals surface area contributed by atoms with Crippen molar-refractivity contribution in [2.24, 2.45) is 0 Å². The zero-order valence-electron chi connectivity index (χ0n) is 8.38. The number of imidazole rings is 1. The minimum Gasteiger partial charge on any atom is -0.339 e. The number of halogens is 2. The lowest BCUT2D eigenvalue weighted by Gasteiger charge is -2.04. The Labute approximate surface area is 97.2 Å². The molecule has 2 aromatic heterocycles. The van der Waals surface area contributed by atoms with Crippen LogP contribution in [0.1, 0.15) is 5.82 Å². The van der Waals surface area contributed by atoms with Gasteiger partial charge in [-0.2, -0.15) is 0 Å². The first-order valence-corrected chi connectivity index (χ1v) is 5.17. The molecule has 0 saturated heterocycles. The Morgan fingerprint density at radius 1 is 1.33 bits per heavy atom. The van der Waals surface area contributed by atoms with Crippen molar-refractivity contribution in [3.8, 4) is 0 Å². The molecule has 80 valence electrons. The lowest BCUT2D eigenvalue weighted by Crippen LogP contribution is -2.11. The van der Waals surface area contributed by atoms with Crippen LogP contribution in [0.15, 0.2) is 6.07 Å². The SMILES string of the molecule is CN(C)Cc1nc2nc(Cl)c(Cl)cc2[nH]1. The number of H-pyrrole nitrogens is 1. The van der Waals surface area contributed by atoms with Gasteiger partial charge in [0.1, 0.15) is 11.0 Å². The Morgan fingerprint density at radius 2 is 2.07 bits per heavy atom. The zero-order valence-corrected chi connectivity index (χ0v) is 9.89. The molecule has 0 saturated carbocycles. The van der Waals surface area contributed by atoms with Gasteiger partial charge in [0, 0.05) is 0 Å². The predicted octanol–water partition coefficient (Wildman–Crippen LogP) is 2.33. The molecule has 0 aliphatic carbocycles. The molecule has 0 aliphatic rings. The molecule has 2 aromatic rings. The van der Waals surface area contributed by atoms with Gasteiger partial charge in [0.25, 0.3) is 0 Å². The van der Waals surface area contributed by atoms with Crippen molar-refractivity contribution in [1.82, 2.24) is 19.9 Å². The number of pyridine rings is 1. The minimum absolute atomic E-state index is 0.284. The summed E-state index contributed by atoms with van der Waals surface area (Å²) in [6.07, 6.45) is 0. The van der Waals surface area contributed by atoms with E-state index in [1.165, 1.54) is 0 Å². The van der Waals surface area contributed by atoms with E-state index in [-0.39, 0.29) is 5.15 Å². The van der Waals surface area contributed by atoms with Crippen LogP contribution in [-0.2, 0) is 6.54 Å². The molecule has 0 aliphatic heterocycles. The first kappa shape index (κ1) is 10.7. The summed E-state index contributed by atoms with van der Waals surface area (Å²) in [5, 5.41) is 0.719. The third-order valence-electron chi connectivity index (χ3n) is 1.90. The molecular formula is C9H10Cl2N4. The Bertz CT molecular complexity index is 453. The van der Waals surface area contributed by atoms with Crippen molar-refractivity contribution in [2.75, 3.05) is 14.1 Å². The molecule has 1 N–H and O–H groups in total. The highest BCUT2D eigenvalue weighted by atomic mass is 35.5. The lowest BCUT2D eigenvalue weighted by atomic mass is 10.4. The third kappa shape index (κ3) is 2.22. The van der Waals surface area contributed by atoms with Gasteiger partial charge in [-0.25, -0.2) is 9.97 Å². The molecule has 0 fully saturated rings. The molecule has 6 heteroatoms. The van der Waals surface area contributed by atoms with Crippen molar-refractivity contribution in [3.05, 3.63) is 22.1 Å². The Morgan fingerprint density at radius 3 is 2.73 bits per heavy atom. The number of nitrogens with one attached hydrogen (secondary N) is 1. The van der Waals surface area contributed by atoms with Gasteiger partial charge >= 0.3 is 0 Å². The van der Waals surface area contributed by atoms with Gasteiger partial charge in [-0.15, -0.1) is 0 Å². The van der Waals surface area contributed by atoms with Gasteiger partial charge in [0.15, 0.2) is 5.65 Å². The average molecular weight is 245 g/mol. The van der Waals surface area contributed by atoms with Crippen LogP contribution in [0.2, 0.25) is 10.2 Å². The number of rotatable bonds is 2. The molecule has 15 heavy (non-hydrogen) atoms. The van der Waals surface area contributed by atoms with Crippen LogP contribution < -0.4 is 0 Å². The summed E-state index contributed by atoms with van der Waals surface area (Å²) in [4.78, 5) is 13.5. The fourth-order valence-corrected chi connectivity index (χ4v) is 1.61. The number of hydrogen-bond acceptors (Lipinski definition) is 3. The maximum absolute atomic E-state index is 5.85. The first-order valence-electron chi connectivity index (χ1n) is 4.41. The summed E-state index contributed by atoms with van der Waals surface area (Å²) >= 11 is 11.6. The van der Waals surface area contributed by atoms with Crippen molar-refractivity contribution < 1.29 is 0 Å². The van der Waals surface area contributed by atoms with Crippen LogP contribution in [0.3, 0.4) is 0 Å². The molecule has 0 unspecified atom stereocenters. The van der Waals surface area contributed by atoms with Gasteiger partial charge < -0.3 is 9.88 Å². The van der Waals surface area contributed by atoms with E-state index in [0.29, 0.717) is 10.7 Å². The molecule has 2 rings (SSSR count). The summed E-state index contributed by atoms with van der Waals surface area (Å²) in [5.74, 6) is 0.848. The van der Waals surface area contributed by atoms with E-state index in [0.717, 1.165) is 17.9 Å². The summed E-state index contributed by atoms with van der Waals surface area (Å²) < 4.78 is 0. The summed E-state index contributed by atoms with van der Waals surface area (Å²) in [6, 6.07) is 1.73. The normalized spacial score (nSPS) is 11.5. The monoisotopic (exact) mass is 244 g/mol. The number of fused-ring (bicyclic) bond motifs is 1. The van der Waals surface area contributed by atoms with Gasteiger partial charge in [-0.3, -0.25) is 0 Å². The van der Waals surface area contributed by atoms with E-state index in [1.807, 2.05) is 19.0 Å². The second kappa shape index (κ2) is 3.96. The van der Waals surface area contributed by atoms with Gasteiger partial charge in [-0.1, -0.05) is 23.2 Å². The van der Waals surface area contributed by atoms with Crippen LogP contribution in [-0.4, -0.2) is 33.9 Å². The Balaban J connectivity index is 2.47. The van der Waals surface area contributed by atoms with Crippen LogP contribution in [0.4, 0.5) is 0 Å². The molecule has 4 nitrogen and oxygen atoms in total. The fraction of sp³-hybridized carbons (Fsp3) is 0.333. The molecule has 0 atom stereocenters. The number of nitrogens with zero attached hydrogens (tertiary/aromatic N) is 3. The highest BCUT2D eigenvalue weighted by molar-refractivity contribution is 6.41. The zero-order chi connectivity index (χ0) is 11.0. The highest BCUT2D eigenvalue weighted by Gasteiger charge is 2.08. The van der Waals surface area contributed by atoms with Crippen LogP contribution in [0.5, 0.6) is 0 Å². The largest absolute Gasteiger partial charge is 0.339 e. The molecule has 0 spiro atoms. The van der Waals surface area contributed by atoms with Gasteiger partial charge in [-0.05, 0) is 20.2 Å². The van der Waals surface area contributed by atoms with Gasteiger partial charge in [0.2, 0.25) is 0 Å². The maximum atomic E-state index is 5.85. The molecule has 2 heterocycles. The van der Waals surface area contributed by atoms with E-state index < -0.39 is 0 Å². The number of aromatic amines is 1. The topological polar surface area (TPSA) is 44.8 Å². The van der Waals surface area contributed by atoms with Crippen molar-refractivity contribution in [3.63, 3.8) is 0 Å². The van der Waals surface area contributed by atoms with Crippen molar-refractivity contribution >= 4 is 34.4 Å². The minimum atomic E-state index is 0.284. The van der Waals surface area contributed by atoms with Crippen LogP contribution in [0, 0.1) is 0 Å². The lowest BCUT2D eigenvalue weighted by molar-refractivity contribution is 0.392.